The van der Waals surface area contributed by atoms with Gasteiger partial charge in [0.15, 0.2) is 0 Å². The maximum atomic E-state index is 2.43. The predicted molar refractivity (Wildman–Crippen MR) is 195 cm³/mol. The maximum Gasteiger partial charge on any atom is 0.0561 e. The quantitative estimate of drug-likeness (QED) is 0.195. The van der Waals surface area contributed by atoms with Crippen molar-refractivity contribution in [2.45, 2.75) is 0 Å². The first kappa shape index (κ1) is 25.3. The van der Waals surface area contributed by atoms with Crippen LogP contribution in [0, 0.1) is 0 Å². The SMILES string of the molecule is Cn1c2ccccc2c2cc(-c3ccc4c(c3)c3ccccc3n4-c3ccc4c5ccccc5n(-c5ccccc5)c4c3)ccc21. The molecule has 0 fully saturated rings. The second kappa shape index (κ2) is 9.47. The fraction of sp³-hybridized carbons (Fsp3) is 0.0233. The Morgan fingerprint density at radius 1 is 0.304 bits per heavy atom. The van der Waals surface area contributed by atoms with Gasteiger partial charge in [0, 0.05) is 61.8 Å². The number of aromatic nitrogens is 3. The number of fused-ring (bicyclic) bond motifs is 9. The zero-order valence-corrected chi connectivity index (χ0v) is 25.4. The van der Waals surface area contributed by atoms with Crippen molar-refractivity contribution in [2.75, 3.05) is 0 Å². The molecule has 0 spiro atoms. The van der Waals surface area contributed by atoms with Gasteiger partial charge in [-0.15, -0.1) is 0 Å². The van der Waals surface area contributed by atoms with Crippen LogP contribution < -0.4 is 0 Å². The highest BCUT2D eigenvalue weighted by Gasteiger charge is 2.17. The van der Waals surface area contributed by atoms with Gasteiger partial charge < -0.3 is 13.7 Å². The normalized spacial score (nSPS) is 12.0. The van der Waals surface area contributed by atoms with E-state index in [0.717, 1.165) is 5.69 Å². The van der Waals surface area contributed by atoms with Crippen LogP contribution in [0.25, 0.3) is 87.9 Å². The Kier molecular flexibility index (Phi) is 5.20. The number of hydrogen-bond acceptors (Lipinski definition) is 0. The molecule has 10 aromatic rings. The smallest absolute Gasteiger partial charge is 0.0561 e. The van der Waals surface area contributed by atoms with Crippen molar-refractivity contribution in [1.29, 1.82) is 0 Å². The Morgan fingerprint density at radius 2 is 0.761 bits per heavy atom. The minimum absolute atomic E-state index is 1.16. The minimum atomic E-state index is 1.16. The van der Waals surface area contributed by atoms with Gasteiger partial charge in [-0.3, -0.25) is 0 Å². The number of para-hydroxylation sites is 4. The van der Waals surface area contributed by atoms with E-state index < -0.39 is 0 Å². The van der Waals surface area contributed by atoms with E-state index in [4.69, 9.17) is 0 Å². The molecule has 0 radical (unpaired) electrons. The van der Waals surface area contributed by atoms with Gasteiger partial charge in [0.25, 0.3) is 0 Å². The Hall–Kier alpha value is -6.06. The first-order valence-electron chi connectivity index (χ1n) is 15.8. The summed E-state index contributed by atoms with van der Waals surface area (Å²) < 4.78 is 7.11. The van der Waals surface area contributed by atoms with Crippen molar-refractivity contribution in [3.05, 3.63) is 158 Å². The van der Waals surface area contributed by atoms with E-state index in [1.165, 1.54) is 82.2 Å². The van der Waals surface area contributed by atoms with Gasteiger partial charge in [0.05, 0.1) is 22.1 Å². The van der Waals surface area contributed by atoms with Crippen LogP contribution >= 0.6 is 0 Å². The fourth-order valence-corrected chi connectivity index (χ4v) is 7.73. The molecule has 0 bridgehead atoms. The van der Waals surface area contributed by atoms with Crippen LogP contribution in [0.4, 0.5) is 0 Å². The number of rotatable bonds is 3. The second-order valence-corrected chi connectivity index (χ2v) is 12.3. The molecule has 3 heteroatoms. The highest BCUT2D eigenvalue weighted by molar-refractivity contribution is 6.13. The molecule has 10 rings (SSSR count). The van der Waals surface area contributed by atoms with E-state index in [1.807, 2.05) is 0 Å². The third-order valence-corrected chi connectivity index (χ3v) is 9.85. The van der Waals surface area contributed by atoms with Gasteiger partial charge in [-0.05, 0) is 77.9 Å². The highest BCUT2D eigenvalue weighted by atomic mass is 15.0. The van der Waals surface area contributed by atoms with Gasteiger partial charge in [0.2, 0.25) is 0 Å². The van der Waals surface area contributed by atoms with E-state index in [-0.39, 0.29) is 0 Å². The van der Waals surface area contributed by atoms with Gasteiger partial charge >= 0.3 is 0 Å². The Balaban J connectivity index is 1.20. The van der Waals surface area contributed by atoms with E-state index in [2.05, 4.69) is 178 Å². The standard InChI is InChI=1S/C43H29N3/c1-44-38-16-8-5-14-33(38)36-25-28(19-23-39(36)44)29-20-24-42-37(26-29)34-15-7-10-18-41(34)46(42)31-21-22-35-32-13-6-9-17-40(32)45(43(35)27-31)30-11-3-2-4-12-30/h2-27H,1H3. The van der Waals surface area contributed by atoms with Gasteiger partial charge in [-0.25, -0.2) is 0 Å². The number of hydrogen-bond donors (Lipinski definition) is 0. The zero-order valence-electron chi connectivity index (χ0n) is 25.4. The van der Waals surface area contributed by atoms with E-state index in [9.17, 15) is 0 Å². The maximum absolute atomic E-state index is 2.43. The molecule has 0 saturated carbocycles. The van der Waals surface area contributed by atoms with Crippen molar-refractivity contribution in [3.8, 4) is 22.5 Å². The first-order valence-corrected chi connectivity index (χ1v) is 15.8. The van der Waals surface area contributed by atoms with Crippen molar-refractivity contribution in [3.63, 3.8) is 0 Å². The van der Waals surface area contributed by atoms with Gasteiger partial charge in [0.1, 0.15) is 0 Å². The molecule has 0 amide bonds. The number of aryl methyl sites for hydroxylation is 1. The lowest BCUT2D eigenvalue weighted by Gasteiger charge is -2.11. The lowest BCUT2D eigenvalue weighted by molar-refractivity contribution is 1.01. The predicted octanol–water partition coefficient (Wildman–Crippen LogP) is 11.2. The van der Waals surface area contributed by atoms with E-state index >= 15 is 0 Å². The van der Waals surface area contributed by atoms with Crippen molar-refractivity contribution in [2.24, 2.45) is 7.05 Å². The zero-order chi connectivity index (χ0) is 30.4. The summed E-state index contributed by atoms with van der Waals surface area (Å²) in [7, 11) is 2.15. The van der Waals surface area contributed by atoms with Crippen molar-refractivity contribution >= 4 is 65.4 Å². The summed E-state index contributed by atoms with van der Waals surface area (Å²) in [5.74, 6) is 0. The fourth-order valence-electron chi connectivity index (χ4n) is 7.73. The van der Waals surface area contributed by atoms with Crippen molar-refractivity contribution < 1.29 is 0 Å². The first-order chi connectivity index (χ1) is 22.7. The van der Waals surface area contributed by atoms with Gasteiger partial charge in [-0.1, -0.05) is 91.0 Å². The van der Waals surface area contributed by atoms with E-state index in [1.54, 1.807) is 0 Å². The minimum Gasteiger partial charge on any atom is -0.344 e. The molecule has 46 heavy (non-hydrogen) atoms. The number of nitrogens with zero attached hydrogens (tertiary/aromatic N) is 3. The van der Waals surface area contributed by atoms with Crippen molar-refractivity contribution in [1.82, 2.24) is 13.7 Å². The Labute approximate surface area is 265 Å². The molecule has 3 heterocycles. The topological polar surface area (TPSA) is 14.8 Å². The third-order valence-electron chi connectivity index (χ3n) is 9.85. The molecular weight excluding hydrogens is 558 g/mol. The summed E-state index contributed by atoms with van der Waals surface area (Å²) in [6, 6.07) is 57.6. The summed E-state index contributed by atoms with van der Waals surface area (Å²) in [4.78, 5) is 0. The van der Waals surface area contributed by atoms with Crippen LogP contribution in [0.15, 0.2) is 158 Å². The van der Waals surface area contributed by atoms with Crippen LogP contribution in [-0.4, -0.2) is 13.7 Å². The summed E-state index contributed by atoms with van der Waals surface area (Å²) in [5.41, 5.74) is 12.1. The summed E-state index contributed by atoms with van der Waals surface area (Å²) in [6.45, 7) is 0. The lowest BCUT2D eigenvalue weighted by Crippen LogP contribution is -1.96. The molecule has 216 valence electrons. The summed E-state index contributed by atoms with van der Waals surface area (Å²) in [6.07, 6.45) is 0. The Morgan fingerprint density at radius 3 is 1.46 bits per heavy atom. The van der Waals surface area contributed by atoms with Gasteiger partial charge in [-0.2, -0.15) is 0 Å². The third kappa shape index (κ3) is 3.48. The highest BCUT2D eigenvalue weighted by Crippen LogP contribution is 2.39. The molecule has 3 aromatic heterocycles. The van der Waals surface area contributed by atoms with Crippen LogP contribution in [0.2, 0.25) is 0 Å². The average molecular weight is 588 g/mol. The lowest BCUT2D eigenvalue weighted by atomic mass is 10.0. The second-order valence-electron chi connectivity index (χ2n) is 12.3. The van der Waals surface area contributed by atoms with Crippen LogP contribution in [0.1, 0.15) is 0 Å². The molecule has 0 aliphatic heterocycles. The molecule has 7 aromatic carbocycles. The molecule has 0 unspecified atom stereocenters. The summed E-state index contributed by atoms with van der Waals surface area (Å²) >= 11 is 0. The largest absolute Gasteiger partial charge is 0.344 e. The molecule has 0 aliphatic carbocycles. The van der Waals surface area contributed by atoms with E-state index in [0.29, 0.717) is 0 Å². The Bertz CT molecular complexity index is 2810. The molecule has 0 N–H and O–H groups in total. The molecule has 0 saturated heterocycles. The van der Waals surface area contributed by atoms with Crippen LogP contribution in [0.5, 0.6) is 0 Å². The molecular formula is C43H29N3. The number of benzene rings is 7. The molecule has 3 nitrogen and oxygen atoms in total. The summed E-state index contributed by atoms with van der Waals surface area (Å²) in [5, 5.41) is 7.63. The average Bonchev–Trinajstić information content (AvgIpc) is 3.73. The molecule has 0 atom stereocenters. The van der Waals surface area contributed by atoms with Crippen LogP contribution in [-0.2, 0) is 7.05 Å². The molecule has 0 aliphatic rings. The van der Waals surface area contributed by atoms with Crippen LogP contribution in [0.3, 0.4) is 0 Å². The monoisotopic (exact) mass is 587 g/mol.